The van der Waals surface area contributed by atoms with Crippen molar-refractivity contribution in [3.05, 3.63) is 48.3 Å². The van der Waals surface area contributed by atoms with Crippen molar-refractivity contribution in [2.24, 2.45) is 0 Å². The molecule has 2 aromatic heterocycles. The van der Waals surface area contributed by atoms with Crippen LogP contribution in [0.4, 0.5) is 4.39 Å². The molecular weight excluding hydrogens is 269 g/mol. The van der Waals surface area contributed by atoms with Gasteiger partial charge in [-0.05, 0) is 29.7 Å². The minimum absolute atomic E-state index is 0.113. The number of nitrogens with zero attached hydrogens (tertiary/aromatic N) is 3. The van der Waals surface area contributed by atoms with Gasteiger partial charge in [-0.1, -0.05) is 13.8 Å². The molecule has 0 amide bonds. The molecule has 0 radical (unpaired) electrons. The molecule has 0 aliphatic heterocycles. The van der Waals surface area contributed by atoms with Gasteiger partial charge in [-0.3, -0.25) is 9.97 Å². The Morgan fingerprint density at radius 3 is 2.48 bits per heavy atom. The Hall–Kier alpha value is -2.56. The number of aromatic nitrogens is 3. The van der Waals surface area contributed by atoms with E-state index in [0.29, 0.717) is 22.3 Å². The third-order valence-electron chi connectivity index (χ3n) is 3.30. The maximum absolute atomic E-state index is 14.1. The molecule has 1 aromatic carbocycles. The second-order valence-corrected chi connectivity index (χ2v) is 5.17. The summed E-state index contributed by atoms with van der Waals surface area (Å²) in [4.78, 5) is 12.3. The van der Waals surface area contributed by atoms with Crippen LogP contribution < -0.4 is 0 Å². The third kappa shape index (κ3) is 2.42. The summed E-state index contributed by atoms with van der Waals surface area (Å²) in [7, 11) is 0. The largest absolute Gasteiger partial charge is 0.506 e. The van der Waals surface area contributed by atoms with E-state index in [1.807, 2.05) is 13.8 Å². The summed E-state index contributed by atoms with van der Waals surface area (Å²) in [5.74, 6) is -0.205. The van der Waals surface area contributed by atoms with Gasteiger partial charge >= 0.3 is 0 Å². The lowest BCUT2D eigenvalue weighted by molar-refractivity contribution is 0.460. The first kappa shape index (κ1) is 13.4. The van der Waals surface area contributed by atoms with Gasteiger partial charge in [-0.25, -0.2) is 9.37 Å². The van der Waals surface area contributed by atoms with Crippen molar-refractivity contribution < 1.29 is 9.50 Å². The van der Waals surface area contributed by atoms with Crippen molar-refractivity contribution >= 4 is 11.0 Å². The topological polar surface area (TPSA) is 58.9 Å². The molecule has 0 saturated carbocycles. The molecule has 0 aliphatic carbocycles. The molecule has 0 bridgehead atoms. The highest BCUT2D eigenvalue weighted by atomic mass is 19.1. The van der Waals surface area contributed by atoms with Crippen molar-refractivity contribution in [2.75, 3.05) is 0 Å². The summed E-state index contributed by atoms with van der Waals surface area (Å²) in [5.41, 5.74) is 2.58. The lowest BCUT2D eigenvalue weighted by atomic mass is 10.0. The van der Waals surface area contributed by atoms with E-state index in [1.165, 1.54) is 18.5 Å². The zero-order chi connectivity index (χ0) is 15.0. The fourth-order valence-electron chi connectivity index (χ4n) is 2.27. The van der Waals surface area contributed by atoms with Gasteiger partial charge in [0.1, 0.15) is 11.3 Å². The standard InChI is InChI=1S/C16H14FN3O/c1-9(2)15-14(21)7-11(8-20-15)10-5-12(17)16-13(6-10)18-3-4-19-16/h3-9,21H,1-2H3. The Kier molecular flexibility index (Phi) is 3.25. The molecule has 3 aromatic rings. The Labute approximate surface area is 121 Å². The number of hydrogen-bond acceptors (Lipinski definition) is 4. The average molecular weight is 283 g/mol. The Bertz CT molecular complexity index is 818. The van der Waals surface area contributed by atoms with E-state index >= 15 is 0 Å². The number of hydrogen-bond donors (Lipinski definition) is 1. The van der Waals surface area contributed by atoms with Crippen LogP contribution in [0, 0.1) is 5.82 Å². The van der Waals surface area contributed by atoms with E-state index < -0.39 is 5.82 Å². The van der Waals surface area contributed by atoms with Crippen molar-refractivity contribution in [3.8, 4) is 16.9 Å². The van der Waals surface area contributed by atoms with E-state index in [9.17, 15) is 9.50 Å². The molecule has 0 atom stereocenters. The lowest BCUT2D eigenvalue weighted by Crippen LogP contribution is -1.94. The summed E-state index contributed by atoms with van der Waals surface area (Å²) >= 11 is 0. The average Bonchev–Trinajstić information content (AvgIpc) is 2.46. The molecule has 5 heteroatoms. The number of halogens is 1. The molecule has 21 heavy (non-hydrogen) atoms. The second kappa shape index (κ2) is 5.09. The summed E-state index contributed by atoms with van der Waals surface area (Å²) in [5, 5.41) is 10.0. The van der Waals surface area contributed by atoms with E-state index in [1.54, 1.807) is 18.3 Å². The van der Waals surface area contributed by atoms with Crippen LogP contribution in [0.3, 0.4) is 0 Å². The van der Waals surface area contributed by atoms with Gasteiger partial charge in [-0.2, -0.15) is 0 Å². The predicted octanol–water partition coefficient (Wildman–Crippen LogP) is 3.66. The Morgan fingerprint density at radius 1 is 1.00 bits per heavy atom. The summed E-state index contributed by atoms with van der Waals surface area (Å²) in [6.45, 7) is 3.90. The maximum atomic E-state index is 14.1. The summed E-state index contributed by atoms with van der Waals surface area (Å²) < 4.78 is 14.1. The number of pyridine rings is 1. The normalized spacial score (nSPS) is 11.2. The van der Waals surface area contributed by atoms with Crippen LogP contribution in [0.25, 0.3) is 22.2 Å². The lowest BCUT2D eigenvalue weighted by Gasteiger charge is -2.09. The first-order chi connectivity index (χ1) is 10.1. The molecule has 0 unspecified atom stereocenters. The van der Waals surface area contributed by atoms with Crippen LogP contribution in [-0.2, 0) is 0 Å². The van der Waals surface area contributed by atoms with Gasteiger partial charge in [0, 0.05) is 24.2 Å². The third-order valence-corrected chi connectivity index (χ3v) is 3.30. The number of aromatic hydroxyl groups is 1. The first-order valence-corrected chi connectivity index (χ1v) is 6.66. The van der Waals surface area contributed by atoms with Crippen LogP contribution in [0.2, 0.25) is 0 Å². The van der Waals surface area contributed by atoms with E-state index in [-0.39, 0.29) is 17.2 Å². The van der Waals surface area contributed by atoms with E-state index in [4.69, 9.17) is 0 Å². The van der Waals surface area contributed by atoms with Gasteiger partial charge in [0.25, 0.3) is 0 Å². The van der Waals surface area contributed by atoms with Gasteiger partial charge in [-0.15, -0.1) is 0 Å². The Balaban J connectivity index is 2.14. The van der Waals surface area contributed by atoms with Gasteiger partial charge in [0.2, 0.25) is 0 Å². The fraction of sp³-hybridized carbons (Fsp3) is 0.188. The SMILES string of the molecule is CC(C)c1ncc(-c2cc(F)c3nccnc3c2)cc1O. The maximum Gasteiger partial charge on any atom is 0.151 e. The van der Waals surface area contributed by atoms with Crippen molar-refractivity contribution in [1.82, 2.24) is 15.0 Å². The van der Waals surface area contributed by atoms with Crippen molar-refractivity contribution in [3.63, 3.8) is 0 Å². The summed E-state index contributed by atoms with van der Waals surface area (Å²) in [6, 6.07) is 4.71. The molecular formula is C16H14FN3O. The highest BCUT2D eigenvalue weighted by Gasteiger charge is 2.12. The molecule has 106 valence electrons. The highest BCUT2D eigenvalue weighted by molar-refractivity contribution is 5.81. The molecule has 1 N–H and O–H groups in total. The molecule has 0 saturated heterocycles. The van der Waals surface area contributed by atoms with Crippen LogP contribution in [0.5, 0.6) is 5.75 Å². The molecule has 4 nitrogen and oxygen atoms in total. The molecule has 2 heterocycles. The van der Waals surface area contributed by atoms with Crippen LogP contribution in [-0.4, -0.2) is 20.1 Å². The molecule has 0 fully saturated rings. The second-order valence-electron chi connectivity index (χ2n) is 5.17. The van der Waals surface area contributed by atoms with Crippen LogP contribution in [0.1, 0.15) is 25.5 Å². The minimum Gasteiger partial charge on any atom is -0.506 e. The van der Waals surface area contributed by atoms with Crippen molar-refractivity contribution in [2.45, 2.75) is 19.8 Å². The number of rotatable bonds is 2. The molecule has 0 aliphatic rings. The fourth-order valence-corrected chi connectivity index (χ4v) is 2.27. The predicted molar refractivity (Wildman–Crippen MR) is 78.5 cm³/mol. The smallest absolute Gasteiger partial charge is 0.151 e. The Morgan fingerprint density at radius 2 is 1.76 bits per heavy atom. The van der Waals surface area contributed by atoms with Crippen LogP contribution in [0.15, 0.2) is 36.8 Å². The van der Waals surface area contributed by atoms with E-state index in [0.717, 1.165) is 0 Å². The number of fused-ring (bicyclic) bond motifs is 1. The van der Waals surface area contributed by atoms with E-state index in [2.05, 4.69) is 15.0 Å². The quantitative estimate of drug-likeness (QED) is 0.779. The van der Waals surface area contributed by atoms with Crippen molar-refractivity contribution in [1.29, 1.82) is 0 Å². The zero-order valence-corrected chi connectivity index (χ0v) is 11.7. The zero-order valence-electron chi connectivity index (χ0n) is 11.7. The van der Waals surface area contributed by atoms with Gasteiger partial charge < -0.3 is 5.11 Å². The summed E-state index contributed by atoms with van der Waals surface area (Å²) in [6.07, 6.45) is 4.60. The minimum atomic E-state index is -0.442. The first-order valence-electron chi connectivity index (χ1n) is 6.66. The molecule has 3 rings (SSSR count). The highest BCUT2D eigenvalue weighted by Crippen LogP contribution is 2.30. The monoisotopic (exact) mass is 283 g/mol. The van der Waals surface area contributed by atoms with Gasteiger partial charge in [0.05, 0.1) is 11.2 Å². The molecule has 0 spiro atoms. The number of benzene rings is 1. The van der Waals surface area contributed by atoms with Gasteiger partial charge in [0.15, 0.2) is 5.82 Å². The van der Waals surface area contributed by atoms with Crippen LogP contribution >= 0.6 is 0 Å².